The van der Waals surface area contributed by atoms with Crippen LogP contribution in [0.3, 0.4) is 0 Å². The van der Waals surface area contributed by atoms with E-state index < -0.39 is 17.4 Å². The molecule has 1 fully saturated rings. The molecule has 0 aromatic carbocycles. The second-order valence-electron chi connectivity index (χ2n) is 4.14. The lowest BCUT2D eigenvalue weighted by atomic mass is 9.76. The van der Waals surface area contributed by atoms with Gasteiger partial charge in [-0.1, -0.05) is 0 Å². The van der Waals surface area contributed by atoms with Crippen LogP contribution < -0.4 is 0 Å². The monoisotopic (exact) mass is 215 g/mol. The summed E-state index contributed by atoms with van der Waals surface area (Å²) in [6, 6.07) is 0. The van der Waals surface area contributed by atoms with Crippen LogP contribution in [0.4, 0.5) is 0 Å². The van der Waals surface area contributed by atoms with Gasteiger partial charge in [-0.15, -0.1) is 0 Å². The summed E-state index contributed by atoms with van der Waals surface area (Å²) in [5.74, 6) is -1.33. The first-order valence-corrected chi connectivity index (χ1v) is 4.99. The third-order valence-corrected chi connectivity index (χ3v) is 3.11. The lowest BCUT2D eigenvalue weighted by Crippen LogP contribution is -2.44. The van der Waals surface area contributed by atoms with Crippen molar-refractivity contribution in [3.8, 4) is 0 Å². The maximum Gasteiger partial charge on any atom is 0.310 e. The minimum atomic E-state index is -0.917. The second-order valence-corrected chi connectivity index (χ2v) is 4.14. The van der Waals surface area contributed by atoms with E-state index in [1.807, 2.05) is 7.05 Å². The van der Waals surface area contributed by atoms with Gasteiger partial charge in [0.2, 0.25) is 0 Å². The van der Waals surface area contributed by atoms with Crippen LogP contribution in [0.25, 0.3) is 0 Å². The van der Waals surface area contributed by atoms with Crippen LogP contribution >= 0.6 is 0 Å². The number of carboxylic acid groups (broad SMARTS) is 1. The zero-order valence-electron chi connectivity index (χ0n) is 9.15. The smallest absolute Gasteiger partial charge is 0.310 e. The maximum absolute atomic E-state index is 11.2. The Kier molecular flexibility index (Phi) is 3.68. The fourth-order valence-electron chi connectivity index (χ4n) is 1.86. The molecule has 1 heterocycles. The third-order valence-electron chi connectivity index (χ3n) is 3.11. The lowest BCUT2D eigenvalue weighted by Gasteiger charge is -2.36. The molecule has 0 saturated carbocycles. The number of esters is 1. The van der Waals surface area contributed by atoms with Crippen LogP contribution in [0, 0.1) is 5.41 Å². The van der Waals surface area contributed by atoms with Gasteiger partial charge in [0.05, 0.1) is 18.9 Å². The Morgan fingerprint density at radius 1 is 1.40 bits per heavy atom. The molecule has 0 aliphatic carbocycles. The molecule has 5 heteroatoms. The molecule has 0 spiro atoms. The molecule has 1 N–H and O–H groups in total. The van der Waals surface area contributed by atoms with Gasteiger partial charge >= 0.3 is 11.9 Å². The molecule has 0 aromatic heterocycles. The second kappa shape index (κ2) is 4.61. The molecule has 0 bridgehead atoms. The minimum Gasteiger partial charge on any atom is -0.481 e. The minimum absolute atomic E-state index is 0.0212. The quantitative estimate of drug-likeness (QED) is 0.688. The zero-order chi connectivity index (χ0) is 11.5. The van der Waals surface area contributed by atoms with Gasteiger partial charge in [-0.25, -0.2) is 0 Å². The van der Waals surface area contributed by atoms with E-state index in [9.17, 15) is 14.7 Å². The van der Waals surface area contributed by atoms with Crippen molar-refractivity contribution in [2.45, 2.75) is 19.3 Å². The molecule has 0 radical (unpaired) electrons. The number of nitrogens with zero attached hydrogens (tertiary/aromatic N) is 1. The third kappa shape index (κ3) is 2.68. The molecule has 5 nitrogen and oxygen atoms in total. The molecule has 0 amide bonds. The van der Waals surface area contributed by atoms with Crippen molar-refractivity contribution in [3.05, 3.63) is 0 Å². The van der Waals surface area contributed by atoms with Crippen molar-refractivity contribution < 1.29 is 19.4 Å². The fraction of sp³-hybridized carbons (Fsp3) is 0.800. The Balaban J connectivity index is 2.71. The van der Waals surface area contributed by atoms with Crippen molar-refractivity contribution in [2.75, 3.05) is 27.2 Å². The van der Waals surface area contributed by atoms with Crippen LogP contribution in [-0.4, -0.2) is 49.2 Å². The predicted octanol–water partition coefficient (Wildman–Crippen LogP) is 0.346. The Morgan fingerprint density at radius 2 is 1.93 bits per heavy atom. The molecule has 15 heavy (non-hydrogen) atoms. The Morgan fingerprint density at radius 3 is 2.33 bits per heavy atom. The summed E-state index contributed by atoms with van der Waals surface area (Å²) in [7, 11) is 3.23. The molecule has 86 valence electrons. The summed E-state index contributed by atoms with van der Waals surface area (Å²) in [6.45, 7) is 1.42. The Bertz CT molecular complexity index is 256. The average Bonchev–Trinajstić information content (AvgIpc) is 2.21. The number of hydrogen-bond acceptors (Lipinski definition) is 4. The number of aliphatic carboxylic acids is 1. The van der Waals surface area contributed by atoms with Crippen molar-refractivity contribution in [2.24, 2.45) is 5.41 Å². The van der Waals surface area contributed by atoms with Gasteiger partial charge < -0.3 is 14.7 Å². The molecular weight excluding hydrogens is 198 g/mol. The Labute approximate surface area is 89.0 Å². The van der Waals surface area contributed by atoms with Gasteiger partial charge in [0, 0.05) is 0 Å². The van der Waals surface area contributed by atoms with Crippen LogP contribution in [0.1, 0.15) is 19.3 Å². The van der Waals surface area contributed by atoms with Gasteiger partial charge in [0.15, 0.2) is 0 Å². The number of carbonyl (C=O) groups excluding carboxylic acids is 1. The molecule has 1 rings (SSSR count). The topological polar surface area (TPSA) is 66.8 Å². The van der Waals surface area contributed by atoms with Gasteiger partial charge in [-0.2, -0.15) is 0 Å². The number of rotatable bonds is 3. The molecule has 0 atom stereocenters. The van der Waals surface area contributed by atoms with Crippen molar-refractivity contribution in [1.82, 2.24) is 4.90 Å². The summed E-state index contributed by atoms with van der Waals surface area (Å²) in [6.07, 6.45) is 0.995. The first-order chi connectivity index (χ1) is 7.00. The van der Waals surface area contributed by atoms with Crippen LogP contribution in [0.5, 0.6) is 0 Å². The van der Waals surface area contributed by atoms with Crippen molar-refractivity contribution >= 4 is 11.9 Å². The number of carboxylic acids is 1. The number of carbonyl (C=O) groups is 2. The largest absolute Gasteiger partial charge is 0.481 e. The Hall–Kier alpha value is -1.10. The summed E-state index contributed by atoms with van der Waals surface area (Å²) in [5, 5.41) is 9.19. The highest BCUT2D eigenvalue weighted by atomic mass is 16.5. The standard InChI is InChI=1S/C10H17NO4/c1-11-5-3-10(4-6-11,9(13)14)7-8(12)15-2/h3-7H2,1-2H3,(H,13,14). The number of likely N-dealkylation sites (tertiary alicyclic amines) is 1. The van der Waals surface area contributed by atoms with Crippen molar-refractivity contribution in [1.29, 1.82) is 0 Å². The number of ether oxygens (including phenoxy) is 1. The highest BCUT2D eigenvalue weighted by molar-refractivity contribution is 5.82. The van der Waals surface area contributed by atoms with Crippen LogP contribution in [-0.2, 0) is 14.3 Å². The number of methoxy groups -OCH3 is 1. The first-order valence-electron chi connectivity index (χ1n) is 4.99. The molecule has 0 aromatic rings. The van der Waals surface area contributed by atoms with E-state index in [2.05, 4.69) is 9.64 Å². The predicted molar refractivity (Wildman–Crippen MR) is 53.4 cm³/mol. The molecular formula is C10H17NO4. The normalized spacial score (nSPS) is 20.9. The van der Waals surface area contributed by atoms with E-state index in [-0.39, 0.29) is 6.42 Å². The van der Waals surface area contributed by atoms with Gasteiger partial charge in [0.1, 0.15) is 0 Å². The number of hydrogen-bond donors (Lipinski definition) is 1. The number of piperidine rings is 1. The van der Waals surface area contributed by atoms with E-state index in [0.717, 1.165) is 0 Å². The van der Waals surface area contributed by atoms with Gasteiger partial charge in [-0.05, 0) is 33.0 Å². The van der Waals surface area contributed by atoms with E-state index in [4.69, 9.17) is 0 Å². The summed E-state index contributed by atoms with van der Waals surface area (Å²) in [5.41, 5.74) is -0.917. The SMILES string of the molecule is COC(=O)CC1(C(=O)O)CCN(C)CC1. The zero-order valence-corrected chi connectivity index (χ0v) is 9.15. The van der Waals surface area contributed by atoms with E-state index in [1.54, 1.807) is 0 Å². The summed E-state index contributed by atoms with van der Waals surface area (Å²) in [4.78, 5) is 24.4. The van der Waals surface area contributed by atoms with E-state index in [0.29, 0.717) is 25.9 Å². The summed E-state index contributed by atoms with van der Waals surface area (Å²) < 4.78 is 4.54. The molecule has 0 unspecified atom stereocenters. The van der Waals surface area contributed by atoms with E-state index >= 15 is 0 Å². The summed E-state index contributed by atoms with van der Waals surface area (Å²) >= 11 is 0. The first kappa shape index (κ1) is 12.0. The fourth-order valence-corrected chi connectivity index (χ4v) is 1.86. The molecule has 1 saturated heterocycles. The van der Waals surface area contributed by atoms with E-state index in [1.165, 1.54) is 7.11 Å². The van der Waals surface area contributed by atoms with Gasteiger partial charge in [0.25, 0.3) is 0 Å². The average molecular weight is 215 g/mol. The molecule has 1 aliphatic heterocycles. The van der Waals surface area contributed by atoms with Crippen LogP contribution in [0.2, 0.25) is 0 Å². The molecule has 1 aliphatic rings. The van der Waals surface area contributed by atoms with Gasteiger partial charge in [-0.3, -0.25) is 9.59 Å². The maximum atomic E-state index is 11.2. The van der Waals surface area contributed by atoms with Crippen molar-refractivity contribution in [3.63, 3.8) is 0 Å². The lowest BCUT2D eigenvalue weighted by molar-refractivity contribution is -0.159. The highest BCUT2D eigenvalue weighted by Gasteiger charge is 2.42. The highest BCUT2D eigenvalue weighted by Crippen LogP contribution is 2.35. The van der Waals surface area contributed by atoms with Crippen LogP contribution in [0.15, 0.2) is 0 Å².